The first-order valence-electron chi connectivity index (χ1n) is 9.18. The number of nitrogens with one attached hydrogen (secondary N) is 1. The van der Waals surface area contributed by atoms with Gasteiger partial charge >= 0.3 is 0 Å². The van der Waals surface area contributed by atoms with Crippen LogP contribution >= 0.6 is 0 Å². The van der Waals surface area contributed by atoms with Crippen LogP contribution in [0.15, 0.2) is 84.0 Å². The highest BCUT2D eigenvalue weighted by Gasteiger charge is 2.39. The summed E-state index contributed by atoms with van der Waals surface area (Å²) in [5.41, 5.74) is 5.56. The smallest absolute Gasteiger partial charge is 0.281 e. The number of nitrogens with zero attached hydrogens (tertiary/aromatic N) is 1. The van der Waals surface area contributed by atoms with Crippen LogP contribution in [0, 0.1) is 13.8 Å². The molecule has 28 heavy (non-hydrogen) atoms. The molecule has 0 aliphatic carbocycles. The van der Waals surface area contributed by atoms with Crippen molar-refractivity contribution in [3.63, 3.8) is 0 Å². The predicted molar refractivity (Wildman–Crippen MR) is 112 cm³/mol. The van der Waals surface area contributed by atoms with Gasteiger partial charge in [0.2, 0.25) is 0 Å². The van der Waals surface area contributed by atoms with Gasteiger partial charge in [0, 0.05) is 5.56 Å². The Labute approximate surface area is 165 Å². The fourth-order valence-electron chi connectivity index (χ4n) is 3.28. The average molecular weight is 372 g/mol. The third-order valence-electron chi connectivity index (χ3n) is 4.81. The van der Waals surface area contributed by atoms with E-state index in [0.29, 0.717) is 16.8 Å². The van der Waals surface area contributed by atoms with Crippen molar-refractivity contribution in [2.45, 2.75) is 26.4 Å². The van der Waals surface area contributed by atoms with Crippen LogP contribution in [0.5, 0.6) is 0 Å². The molecule has 3 rings (SSSR count). The summed E-state index contributed by atoms with van der Waals surface area (Å²) in [4.78, 5) is 13.1. The largest absolute Gasteiger partial charge is 0.372 e. The Hall–Kier alpha value is -3.24. The van der Waals surface area contributed by atoms with Crippen LogP contribution in [-0.2, 0) is 10.4 Å². The molecule has 0 bridgehead atoms. The summed E-state index contributed by atoms with van der Waals surface area (Å²) in [5, 5.41) is 15.7. The molecule has 0 saturated carbocycles. The molecular formula is C24H24N2O2. The highest BCUT2D eigenvalue weighted by Crippen LogP contribution is 2.29. The third kappa shape index (κ3) is 3.87. The zero-order valence-corrected chi connectivity index (χ0v) is 16.3. The lowest BCUT2D eigenvalue weighted by Gasteiger charge is -2.27. The van der Waals surface area contributed by atoms with Crippen LogP contribution in [0.1, 0.15) is 34.7 Å². The number of carbonyl (C=O) groups is 1. The van der Waals surface area contributed by atoms with Crippen molar-refractivity contribution >= 4 is 11.6 Å². The number of rotatable bonds is 5. The maximum Gasteiger partial charge on any atom is 0.281 e. The number of carbonyl (C=O) groups excluding carboxylic acids is 1. The van der Waals surface area contributed by atoms with E-state index in [0.717, 1.165) is 11.1 Å². The number of benzene rings is 3. The number of hydrogen-bond donors (Lipinski definition) is 2. The normalized spacial score (nSPS) is 11.9. The fraction of sp³-hybridized carbons (Fsp3) is 0.167. The molecule has 0 unspecified atom stereocenters. The minimum Gasteiger partial charge on any atom is -0.372 e. The van der Waals surface area contributed by atoms with Gasteiger partial charge in [-0.25, -0.2) is 5.43 Å². The van der Waals surface area contributed by atoms with Gasteiger partial charge in [-0.15, -0.1) is 0 Å². The molecule has 0 saturated heterocycles. The van der Waals surface area contributed by atoms with Gasteiger partial charge < -0.3 is 5.11 Å². The molecule has 2 N–H and O–H groups in total. The van der Waals surface area contributed by atoms with Gasteiger partial charge in [0.25, 0.3) is 5.91 Å². The molecule has 142 valence electrons. The Morgan fingerprint density at radius 3 is 1.93 bits per heavy atom. The van der Waals surface area contributed by atoms with Crippen LogP contribution in [0.25, 0.3) is 0 Å². The Bertz CT molecular complexity index is 956. The van der Waals surface area contributed by atoms with E-state index < -0.39 is 11.5 Å². The summed E-state index contributed by atoms with van der Waals surface area (Å²) in [6.07, 6.45) is 0. The molecule has 4 nitrogen and oxygen atoms in total. The van der Waals surface area contributed by atoms with Crippen molar-refractivity contribution in [2.24, 2.45) is 5.10 Å². The molecule has 3 aromatic carbocycles. The van der Waals surface area contributed by atoms with Gasteiger partial charge in [-0.1, -0.05) is 84.4 Å². The topological polar surface area (TPSA) is 61.7 Å². The quantitative estimate of drug-likeness (QED) is 0.524. The Morgan fingerprint density at radius 1 is 0.893 bits per heavy atom. The minimum atomic E-state index is -1.84. The lowest BCUT2D eigenvalue weighted by atomic mass is 9.85. The number of aliphatic hydroxyl groups is 1. The van der Waals surface area contributed by atoms with Crippen molar-refractivity contribution in [1.82, 2.24) is 5.43 Å². The van der Waals surface area contributed by atoms with E-state index in [1.54, 1.807) is 48.5 Å². The second-order valence-corrected chi connectivity index (χ2v) is 6.90. The molecular weight excluding hydrogens is 348 g/mol. The summed E-state index contributed by atoms with van der Waals surface area (Å²) in [7, 11) is 0. The van der Waals surface area contributed by atoms with Crippen molar-refractivity contribution in [2.75, 3.05) is 0 Å². The molecule has 0 fully saturated rings. The molecule has 0 aliphatic heterocycles. The number of aryl methyl sites for hydroxylation is 2. The average Bonchev–Trinajstić information content (AvgIpc) is 2.72. The van der Waals surface area contributed by atoms with E-state index >= 15 is 0 Å². The molecule has 0 spiro atoms. The number of hydrazone groups is 1. The van der Waals surface area contributed by atoms with E-state index in [2.05, 4.69) is 16.6 Å². The van der Waals surface area contributed by atoms with Crippen molar-refractivity contribution in [3.05, 3.63) is 107 Å². The second kappa shape index (κ2) is 8.19. The second-order valence-electron chi connectivity index (χ2n) is 6.90. The first kappa shape index (κ1) is 19.5. The first-order chi connectivity index (χ1) is 13.4. The van der Waals surface area contributed by atoms with E-state index in [4.69, 9.17) is 0 Å². The summed E-state index contributed by atoms with van der Waals surface area (Å²) in [6.45, 7) is 5.88. The summed E-state index contributed by atoms with van der Waals surface area (Å²) in [5.74, 6) is -0.603. The maximum absolute atomic E-state index is 13.1. The summed E-state index contributed by atoms with van der Waals surface area (Å²) in [6, 6.07) is 23.8. The van der Waals surface area contributed by atoms with Gasteiger partial charge in [-0.3, -0.25) is 4.79 Å². The lowest BCUT2D eigenvalue weighted by molar-refractivity contribution is -0.136. The Kier molecular flexibility index (Phi) is 5.71. The first-order valence-corrected chi connectivity index (χ1v) is 9.18. The van der Waals surface area contributed by atoms with E-state index in [1.165, 1.54) is 5.56 Å². The molecule has 3 aromatic rings. The maximum atomic E-state index is 13.1. The SMILES string of the molecule is CC(=NNC(=O)C(O)(c1ccccc1)c1ccccc1)c1ccc(C)cc1C. The van der Waals surface area contributed by atoms with Gasteiger partial charge in [0.15, 0.2) is 5.60 Å². The summed E-state index contributed by atoms with van der Waals surface area (Å²) >= 11 is 0. The van der Waals surface area contributed by atoms with Gasteiger partial charge in [-0.2, -0.15) is 5.10 Å². The minimum absolute atomic E-state index is 0.484. The highest BCUT2D eigenvalue weighted by molar-refractivity contribution is 6.01. The van der Waals surface area contributed by atoms with Crippen molar-refractivity contribution in [3.8, 4) is 0 Å². The van der Waals surface area contributed by atoms with Crippen molar-refractivity contribution in [1.29, 1.82) is 0 Å². The van der Waals surface area contributed by atoms with Gasteiger partial charge in [0.1, 0.15) is 0 Å². The van der Waals surface area contributed by atoms with Crippen LogP contribution < -0.4 is 5.43 Å². The Morgan fingerprint density at radius 2 is 1.43 bits per heavy atom. The van der Waals surface area contributed by atoms with Gasteiger partial charge in [0.05, 0.1) is 5.71 Å². The predicted octanol–water partition coefficient (Wildman–Crippen LogP) is 4.08. The zero-order chi connectivity index (χ0) is 20.1. The molecule has 0 atom stereocenters. The van der Waals surface area contributed by atoms with E-state index in [1.807, 2.05) is 45.0 Å². The molecule has 0 aliphatic rings. The highest BCUT2D eigenvalue weighted by atomic mass is 16.3. The fourth-order valence-corrected chi connectivity index (χ4v) is 3.28. The van der Waals surface area contributed by atoms with Crippen molar-refractivity contribution < 1.29 is 9.90 Å². The molecule has 1 amide bonds. The van der Waals surface area contributed by atoms with Crippen LogP contribution in [-0.4, -0.2) is 16.7 Å². The molecule has 0 radical (unpaired) electrons. The zero-order valence-electron chi connectivity index (χ0n) is 16.3. The third-order valence-corrected chi connectivity index (χ3v) is 4.81. The number of amides is 1. The summed E-state index contributed by atoms with van der Waals surface area (Å²) < 4.78 is 0. The van der Waals surface area contributed by atoms with E-state index in [9.17, 15) is 9.90 Å². The molecule has 0 aromatic heterocycles. The van der Waals surface area contributed by atoms with Crippen LogP contribution in [0.4, 0.5) is 0 Å². The number of hydrogen-bond acceptors (Lipinski definition) is 3. The monoisotopic (exact) mass is 372 g/mol. The Balaban J connectivity index is 1.95. The van der Waals surface area contributed by atoms with Crippen LogP contribution in [0.2, 0.25) is 0 Å². The standard InChI is InChI=1S/C24H24N2O2/c1-17-14-15-22(18(2)16-17)19(3)25-26-23(27)24(28,20-10-6-4-7-11-20)21-12-8-5-9-13-21/h4-16,28H,1-3H3,(H,26,27). The molecule has 4 heteroatoms. The van der Waals surface area contributed by atoms with E-state index in [-0.39, 0.29) is 0 Å². The van der Waals surface area contributed by atoms with Gasteiger partial charge in [-0.05, 0) is 37.5 Å². The lowest BCUT2D eigenvalue weighted by Crippen LogP contribution is -2.43. The molecule has 0 heterocycles. The van der Waals surface area contributed by atoms with Crippen LogP contribution in [0.3, 0.4) is 0 Å².